The van der Waals surface area contributed by atoms with E-state index in [9.17, 15) is 0 Å². The van der Waals surface area contributed by atoms with E-state index in [1.54, 1.807) is 7.11 Å². The Hall–Kier alpha value is -1.31. The normalized spacial score (nSPS) is 9.50. The van der Waals surface area contributed by atoms with Crippen LogP contribution in [0.5, 0.6) is 5.75 Å². The maximum absolute atomic E-state index is 7.59. The first-order valence-electron chi connectivity index (χ1n) is 3.99. The van der Waals surface area contributed by atoms with Crippen LogP contribution in [0.4, 0.5) is 0 Å². The van der Waals surface area contributed by atoms with Gasteiger partial charge in [-0.15, -0.1) is 0 Å². The van der Waals surface area contributed by atoms with Gasteiger partial charge in [-0.1, -0.05) is 19.1 Å². The van der Waals surface area contributed by atoms with E-state index in [2.05, 4.69) is 0 Å². The van der Waals surface area contributed by atoms with Crippen LogP contribution in [0.3, 0.4) is 0 Å². The van der Waals surface area contributed by atoms with Crippen molar-refractivity contribution in [1.29, 1.82) is 5.41 Å². The van der Waals surface area contributed by atoms with Crippen LogP contribution in [-0.2, 0) is 0 Å². The number of hydrogen-bond donors (Lipinski definition) is 1. The van der Waals surface area contributed by atoms with Gasteiger partial charge in [0.2, 0.25) is 0 Å². The van der Waals surface area contributed by atoms with Gasteiger partial charge in [0.25, 0.3) is 0 Å². The molecule has 0 fully saturated rings. The average Bonchev–Trinajstić information content (AvgIpc) is 2.17. The largest absolute Gasteiger partial charge is 0.497 e. The molecular formula is C10H13NO. The van der Waals surface area contributed by atoms with E-state index in [4.69, 9.17) is 10.1 Å². The van der Waals surface area contributed by atoms with Crippen molar-refractivity contribution in [3.05, 3.63) is 29.8 Å². The Morgan fingerprint density at radius 3 is 2.83 bits per heavy atom. The van der Waals surface area contributed by atoms with Crippen LogP contribution in [0.15, 0.2) is 24.3 Å². The van der Waals surface area contributed by atoms with Crippen molar-refractivity contribution in [2.45, 2.75) is 13.3 Å². The Labute approximate surface area is 72.7 Å². The van der Waals surface area contributed by atoms with Crippen LogP contribution in [0.1, 0.15) is 18.9 Å². The van der Waals surface area contributed by atoms with Gasteiger partial charge < -0.3 is 10.1 Å². The Balaban J connectivity index is 2.93. The summed E-state index contributed by atoms with van der Waals surface area (Å²) in [5.74, 6) is 0.811. The zero-order valence-electron chi connectivity index (χ0n) is 7.42. The first-order valence-corrected chi connectivity index (χ1v) is 3.99. The lowest BCUT2D eigenvalue weighted by Gasteiger charge is -2.03. The summed E-state index contributed by atoms with van der Waals surface area (Å²) in [4.78, 5) is 0. The summed E-state index contributed by atoms with van der Waals surface area (Å²) in [6.45, 7) is 1.97. The van der Waals surface area contributed by atoms with Crippen LogP contribution in [0.2, 0.25) is 0 Å². The summed E-state index contributed by atoms with van der Waals surface area (Å²) in [5.41, 5.74) is 1.59. The highest BCUT2D eigenvalue weighted by Crippen LogP contribution is 2.13. The molecule has 64 valence electrons. The number of rotatable bonds is 3. The van der Waals surface area contributed by atoms with E-state index >= 15 is 0 Å². The lowest BCUT2D eigenvalue weighted by Crippen LogP contribution is -1.96. The molecule has 0 saturated carbocycles. The van der Waals surface area contributed by atoms with E-state index in [-0.39, 0.29) is 0 Å². The Morgan fingerprint density at radius 1 is 1.50 bits per heavy atom. The molecule has 1 aromatic carbocycles. The molecule has 0 amide bonds. The van der Waals surface area contributed by atoms with Crippen LogP contribution >= 0.6 is 0 Å². The lowest BCUT2D eigenvalue weighted by molar-refractivity contribution is 0.414. The van der Waals surface area contributed by atoms with Crippen molar-refractivity contribution in [3.8, 4) is 5.75 Å². The fourth-order valence-electron chi connectivity index (χ4n) is 1.01. The first kappa shape index (κ1) is 8.78. The molecule has 1 aromatic rings. The van der Waals surface area contributed by atoms with Gasteiger partial charge in [0.05, 0.1) is 7.11 Å². The number of ether oxygens (including phenoxy) is 1. The summed E-state index contributed by atoms with van der Waals surface area (Å²) in [6, 6.07) is 7.59. The molecule has 2 nitrogen and oxygen atoms in total. The molecule has 0 aromatic heterocycles. The Kier molecular flexibility index (Phi) is 2.86. The second-order valence-electron chi connectivity index (χ2n) is 2.56. The number of benzene rings is 1. The van der Waals surface area contributed by atoms with Gasteiger partial charge in [-0.25, -0.2) is 0 Å². The van der Waals surface area contributed by atoms with Crippen molar-refractivity contribution in [2.24, 2.45) is 0 Å². The highest BCUT2D eigenvalue weighted by molar-refractivity contribution is 5.98. The van der Waals surface area contributed by atoms with Crippen molar-refractivity contribution < 1.29 is 4.74 Å². The van der Waals surface area contributed by atoms with Gasteiger partial charge in [-0.3, -0.25) is 0 Å². The van der Waals surface area contributed by atoms with E-state index < -0.39 is 0 Å². The molecule has 12 heavy (non-hydrogen) atoms. The minimum absolute atomic E-state index is 0.647. The minimum Gasteiger partial charge on any atom is -0.497 e. The fraction of sp³-hybridized carbons (Fsp3) is 0.300. The number of nitrogens with one attached hydrogen (secondary N) is 1. The van der Waals surface area contributed by atoms with Crippen molar-refractivity contribution in [3.63, 3.8) is 0 Å². The molecular weight excluding hydrogens is 150 g/mol. The van der Waals surface area contributed by atoms with Gasteiger partial charge in [0.15, 0.2) is 0 Å². The quantitative estimate of drug-likeness (QED) is 0.682. The average molecular weight is 163 g/mol. The smallest absolute Gasteiger partial charge is 0.119 e. The zero-order chi connectivity index (χ0) is 8.97. The fourth-order valence-corrected chi connectivity index (χ4v) is 1.01. The van der Waals surface area contributed by atoms with Crippen LogP contribution in [0, 0.1) is 5.41 Å². The van der Waals surface area contributed by atoms with Gasteiger partial charge >= 0.3 is 0 Å². The van der Waals surface area contributed by atoms with E-state index in [1.807, 2.05) is 31.2 Å². The van der Waals surface area contributed by atoms with Gasteiger partial charge in [-0.2, -0.15) is 0 Å². The minimum atomic E-state index is 0.647. The van der Waals surface area contributed by atoms with Crippen molar-refractivity contribution >= 4 is 5.71 Å². The highest BCUT2D eigenvalue weighted by Gasteiger charge is 1.98. The molecule has 0 saturated heterocycles. The van der Waals surface area contributed by atoms with E-state index in [0.29, 0.717) is 5.71 Å². The number of hydrogen-bond acceptors (Lipinski definition) is 2. The van der Waals surface area contributed by atoms with Gasteiger partial charge in [-0.05, 0) is 24.1 Å². The van der Waals surface area contributed by atoms with E-state index in [1.165, 1.54) is 0 Å². The predicted octanol–water partition coefficient (Wildman–Crippen LogP) is 2.47. The highest BCUT2D eigenvalue weighted by atomic mass is 16.5. The molecule has 1 N–H and O–H groups in total. The van der Waals surface area contributed by atoms with Crippen LogP contribution < -0.4 is 4.74 Å². The Bertz CT molecular complexity index is 281. The van der Waals surface area contributed by atoms with Gasteiger partial charge in [0, 0.05) is 5.71 Å². The van der Waals surface area contributed by atoms with E-state index in [0.717, 1.165) is 17.7 Å². The SMILES string of the molecule is CCC(=N)c1cccc(OC)c1. The third-order valence-electron chi connectivity index (χ3n) is 1.77. The summed E-state index contributed by atoms with van der Waals surface area (Å²) < 4.78 is 5.05. The van der Waals surface area contributed by atoms with Crippen LogP contribution in [0.25, 0.3) is 0 Å². The molecule has 0 aliphatic rings. The number of methoxy groups -OCH3 is 1. The molecule has 0 unspecified atom stereocenters. The monoisotopic (exact) mass is 163 g/mol. The molecule has 0 aliphatic carbocycles. The third-order valence-corrected chi connectivity index (χ3v) is 1.77. The zero-order valence-corrected chi connectivity index (χ0v) is 7.42. The maximum Gasteiger partial charge on any atom is 0.119 e. The van der Waals surface area contributed by atoms with Crippen molar-refractivity contribution in [1.82, 2.24) is 0 Å². The van der Waals surface area contributed by atoms with Crippen LogP contribution in [-0.4, -0.2) is 12.8 Å². The summed E-state index contributed by atoms with van der Waals surface area (Å²) in [5, 5.41) is 7.59. The van der Waals surface area contributed by atoms with Gasteiger partial charge in [0.1, 0.15) is 5.75 Å². The van der Waals surface area contributed by atoms with Crippen molar-refractivity contribution in [2.75, 3.05) is 7.11 Å². The predicted molar refractivity (Wildman–Crippen MR) is 50.1 cm³/mol. The third kappa shape index (κ3) is 1.84. The molecule has 0 spiro atoms. The molecule has 0 aliphatic heterocycles. The maximum atomic E-state index is 7.59. The first-order chi connectivity index (χ1) is 5.77. The summed E-state index contributed by atoms with van der Waals surface area (Å²) in [7, 11) is 1.63. The lowest BCUT2D eigenvalue weighted by atomic mass is 10.1. The summed E-state index contributed by atoms with van der Waals surface area (Å²) in [6.07, 6.45) is 0.757. The second-order valence-corrected chi connectivity index (χ2v) is 2.56. The second kappa shape index (κ2) is 3.90. The molecule has 0 heterocycles. The molecule has 0 bridgehead atoms. The molecule has 2 heteroatoms. The Morgan fingerprint density at radius 2 is 2.25 bits per heavy atom. The summed E-state index contributed by atoms with van der Waals surface area (Å²) >= 11 is 0. The topological polar surface area (TPSA) is 33.1 Å². The molecule has 0 atom stereocenters. The molecule has 0 radical (unpaired) electrons. The molecule has 1 rings (SSSR count). The standard InChI is InChI=1S/C10H13NO/c1-3-10(11)8-5-4-6-9(7-8)12-2/h4-7,11H,3H2,1-2H3.